The topological polar surface area (TPSA) is 82.3 Å². The molecule has 0 aliphatic rings. The van der Waals surface area contributed by atoms with Crippen molar-refractivity contribution < 1.29 is 13.9 Å². The summed E-state index contributed by atoms with van der Waals surface area (Å²) in [5.74, 6) is 0.106. The number of aromatic nitrogens is 2. The molecule has 0 aliphatic carbocycles. The number of carbonyl (C=O) groups excluding carboxylic acids is 1. The molecule has 0 aliphatic heterocycles. The fraction of sp³-hybridized carbons (Fsp3) is 0.200. The predicted molar refractivity (Wildman–Crippen MR) is 102 cm³/mol. The monoisotopic (exact) mass is 382 g/mol. The summed E-state index contributed by atoms with van der Waals surface area (Å²) in [5.41, 5.74) is 2.73. The van der Waals surface area contributed by atoms with E-state index in [1.54, 1.807) is 18.3 Å². The van der Waals surface area contributed by atoms with Crippen LogP contribution in [0.5, 0.6) is 5.75 Å². The molecule has 0 unspecified atom stereocenters. The van der Waals surface area contributed by atoms with Crippen molar-refractivity contribution in [3.8, 4) is 5.75 Å². The number of esters is 1. The number of thioether (sulfide) groups is 1. The van der Waals surface area contributed by atoms with Crippen LogP contribution in [0.2, 0.25) is 0 Å². The van der Waals surface area contributed by atoms with Crippen LogP contribution in [0.4, 0.5) is 0 Å². The Bertz CT molecular complexity index is 1030. The van der Waals surface area contributed by atoms with E-state index in [-0.39, 0.29) is 5.75 Å². The highest BCUT2D eigenvalue weighted by molar-refractivity contribution is 7.98. The molecule has 0 N–H and O–H groups in total. The number of nitrogens with zero attached hydrogens (tertiary/aromatic N) is 2. The van der Waals surface area contributed by atoms with E-state index in [1.807, 2.05) is 32.9 Å². The van der Waals surface area contributed by atoms with Gasteiger partial charge in [-0.2, -0.15) is 0 Å². The highest BCUT2D eigenvalue weighted by atomic mass is 32.2. The standard InChI is InChI=1S/C20H18N2O4S/c1-12-6-13(2)8-15(7-12)19(24)26-18-10-25-16(9-17(18)23)11-27-20-21-5-4-14(3)22-20/h4-10H,11H2,1-3H3. The zero-order valence-electron chi connectivity index (χ0n) is 15.2. The molecular formula is C20H18N2O4S. The van der Waals surface area contributed by atoms with Gasteiger partial charge in [0.1, 0.15) is 12.0 Å². The van der Waals surface area contributed by atoms with Crippen LogP contribution >= 0.6 is 11.8 Å². The van der Waals surface area contributed by atoms with E-state index in [4.69, 9.17) is 9.15 Å². The molecule has 0 saturated heterocycles. The van der Waals surface area contributed by atoms with Gasteiger partial charge < -0.3 is 9.15 Å². The summed E-state index contributed by atoms with van der Waals surface area (Å²) in [4.78, 5) is 32.9. The van der Waals surface area contributed by atoms with E-state index in [2.05, 4.69) is 9.97 Å². The molecule has 6 nitrogen and oxygen atoms in total. The smallest absolute Gasteiger partial charge is 0.343 e. The summed E-state index contributed by atoms with van der Waals surface area (Å²) in [6.07, 6.45) is 2.84. The van der Waals surface area contributed by atoms with Crippen LogP contribution in [0.1, 0.15) is 32.9 Å². The quantitative estimate of drug-likeness (QED) is 0.376. The van der Waals surface area contributed by atoms with Gasteiger partial charge in [0.15, 0.2) is 5.16 Å². The normalized spacial score (nSPS) is 10.6. The van der Waals surface area contributed by atoms with Gasteiger partial charge in [-0.15, -0.1) is 0 Å². The van der Waals surface area contributed by atoms with Crippen LogP contribution in [-0.4, -0.2) is 15.9 Å². The number of rotatable bonds is 5. The van der Waals surface area contributed by atoms with Gasteiger partial charge in [-0.3, -0.25) is 4.79 Å². The molecule has 0 radical (unpaired) electrons. The number of benzene rings is 1. The average Bonchev–Trinajstić information content (AvgIpc) is 2.61. The van der Waals surface area contributed by atoms with Gasteiger partial charge in [-0.1, -0.05) is 29.0 Å². The third-order valence-corrected chi connectivity index (χ3v) is 4.51. The Morgan fingerprint density at radius 3 is 2.56 bits per heavy atom. The van der Waals surface area contributed by atoms with E-state index < -0.39 is 11.4 Å². The van der Waals surface area contributed by atoms with Gasteiger partial charge >= 0.3 is 5.97 Å². The van der Waals surface area contributed by atoms with Crippen molar-refractivity contribution in [2.75, 3.05) is 0 Å². The van der Waals surface area contributed by atoms with Crippen molar-refractivity contribution in [1.29, 1.82) is 0 Å². The molecule has 0 amide bonds. The van der Waals surface area contributed by atoms with Crippen LogP contribution in [-0.2, 0) is 5.75 Å². The Labute approximate surface area is 160 Å². The third kappa shape index (κ3) is 5.04. The lowest BCUT2D eigenvalue weighted by Crippen LogP contribution is -2.15. The van der Waals surface area contributed by atoms with Crippen LogP contribution in [0.25, 0.3) is 0 Å². The van der Waals surface area contributed by atoms with Gasteiger partial charge in [-0.25, -0.2) is 14.8 Å². The van der Waals surface area contributed by atoms with Gasteiger partial charge in [-0.05, 0) is 39.0 Å². The maximum absolute atomic E-state index is 12.3. The van der Waals surface area contributed by atoms with Gasteiger partial charge in [0.25, 0.3) is 0 Å². The average molecular weight is 382 g/mol. The molecule has 27 heavy (non-hydrogen) atoms. The zero-order chi connectivity index (χ0) is 19.4. The first-order valence-electron chi connectivity index (χ1n) is 8.25. The second kappa shape index (κ2) is 8.18. The first-order valence-corrected chi connectivity index (χ1v) is 9.24. The molecule has 3 rings (SSSR count). The largest absolute Gasteiger partial charge is 0.464 e. The summed E-state index contributed by atoms with van der Waals surface area (Å²) < 4.78 is 10.6. The summed E-state index contributed by atoms with van der Waals surface area (Å²) in [6.45, 7) is 5.66. The molecule has 0 atom stereocenters. The lowest BCUT2D eigenvalue weighted by Gasteiger charge is -2.06. The summed E-state index contributed by atoms with van der Waals surface area (Å²) in [7, 11) is 0. The number of carbonyl (C=O) groups is 1. The minimum Gasteiger partial charge on any atom is -0.464 e. The van der Waals surface area contributed by atoms with Gasteiger partial charge in [0, 0.05) is 18.0 Å². The molecule has 0 bridgehead atoms. The first-order chi connectivity index (χ1) is 12.9. The Morgan fingerprint density at radius 2 is 1.89 bits per heavy atom. The number of aryl methyl sites for hydroxylation is 3. The molecule has 1 aromatic carbocycles. The predicted octanol–water partition coefficient (Wildman–Crippen LogP) is 3.87. The Morgan fingerprint density at radius 1 is 1.15 bits per heavy atom. The van der Waals surface area contributed by atoms with Crippen LogP contribution in [0.15, 0.2) is 57.2 Å². The number of ether oxygens (including phenoxy) is 1. The zero-order valence-corrected chi connectivity index (χ0v) is 16.0. The minimum absolute atomic E-state index is 0.139. The van der Waals surface area contributed by atoms with Crippen LogP contribution < -0.4 is 10.2 Å². The van der Waals surface area contributed by atoms with E-state index in [9.17, 15) is 9.59 Å². The second-order valence-corrected chi connectivity index (χ2v) is 7.05. The molecule has 2 heterocycles. The molecule has 0 fully saturated rings. The highest BCUT2D eigenvalue weighted by Crippen LogP contribution is 2.19. The van der Waals surface area contributed by atoms with E-state index in [0.29, 0.717) is 22.2 Å². The van der Waals surface area contributed by atoms with Crippen molar-refractivity contribution in [3.05, 3.63) is 81.2 Å². The van der Waals surface area contributed by atoms with E-state index in [1.165, 1.54) is 17.8 Å². The fourth-order valence-corrected chi connectivity index (χ4v) is 3.24. The SMILES string of the molecule is Cc1cc(C)cc(C(=O)Oc2coc(CSc3nccc(C)n3)cc2=O)c1. The van der Waals surface area contributed by atoms with E-state index >= 15 is 0 Å². The third-order valence-electron chi connectivity index (χ3n) is 3.63. The molecule has 3 aromatic rings. The maximum Gasteiger partial charge on any atom is 0.343 e. The molecule has 138 valence electrons. The summed E-state index contributed by atoms with van der Waals surface area (Å²) in [6, 6.07) is 8.50. The summed E-state index contributed by atoms with van der Waals surface area (Å²) in [5, 5.41) is 0.600. The van der Waals surface area contributed by atoms with Crippen molar-refractivity contribution in [3.63, 3.8) is 0 Å². The number of hydrogen-bond acceptors (Lipinski definition) is 7. The van der Waals surface area contributed by atoms with Crippen LogP contribution in [0, 0.1) is 20.8 Å². The lowest BCUT2D eigenvalue weighted by atomic mass is 10.1. The maximum atomic E-state index is 12.3. The molecule has 0 saturated carbocycles. The summed E-state index contributed by atoms with van der Waals surface area (Å²) >= 11 is 1.35. The van der Waals surface area contributed by atoms with Gasteiger partial charge in [0.05, 0.1) is 11.3 Å². The van der Waals surface area contributed by atoms with E-state index in [0.717, 1.165) is 23.1 Å². The Balaban J connectivity index is 1.69. The first kappa shape index (κ1) is 18.8. The number of hydrogen-bond donors (Lipinski definition) is 0. The van der Waals surface area contributed by atoms with Crippen molar-refractivity contribution in [1.82, 2.24) is 9.97 Å². The lowest BCUT2D eigenvalue weighted by molar-refractivity contribution is 0.0728. The highest BCUT2D eigenvalue weighted by Gasteiger charge is 2.13. The molecule has 0 spiro atoms. The molecular weight excluding hydrogens is 364 g/mol. The minimum atomic E-state index is -0.593. The van der Waals surface area contributed by atoms with Crippen LogP contribution in [0.3, 0.4) is 0 Å². The Hall–Kier alpha value is -2.93. The second-order valence-electron chi connectivity index (χ2n) is 6.11. The molecule has 7 heteroatoms. The molecule has 2 aromatic heterocycles. The van der Waals surface area contributed by atoms with Crippen molar-refractivity contribution in [2.24, 2.45) is 0 Å². The fourth-order valence-electron chi connectivity index (χ4n) is 2.47. The van der Waals surface area contributed by atoms with Crippen molar-refractivity contribution >= 4 is 17.7 Å². The van der Waals surface area contributed by atoms with Crippen molar-refractivity contribution in [2.45, 2.75) is 31.7 Å². The van der Waals surface area contributed by atoms with Gasteiger partial charge in [0.2, 0.25) is 11.2 Å². The Kier molecular flexibility index (Phi) is 5.71.